The summed E-state index contributed by atoms with van der Waals surface area (Å²) in [6, 6.07) is 0. The van der Waals surface area contributed by atoms with Crippen LogP contribution in [0.1, 0.15) is 39.0 Å². The fourth-order valence-corrected chi connectivity index (χ4v) is 1.86. The Labute approximate surface area is 80.7 Å². The van der Waals surface area contributed by atoms with Crippen molar-refractivity contribution in [3.63, 3.8) is 0 Å². The van der Waals surface area contributed by atoms with Crippen molar-refractivity contribution in [3.05, 3.63) is 12.7 Å². The van der Waals surface area contributed by atoms with Crippen LogP contribution in [0.15, 0.2) is 17.8 Å². The zero-order valence-electron chi connectivity index (χ0n) is 8.46. The zero-order valence-corrected chi connectivity index (χ0v) is 8.46. The van der Waals surface area contributed by atoms with Crippen LogP contribution in [0.2, 0.25) is 0 Å². The average Bonchev–Trinajstić information content (AvgIpc) is 2.65. The SMILES string of the molecule is C=CCON=C(CC)C1CCCC1. The molecular weight excluding hydrogens is 162 g/mol. The first-order chi connectivity index (χ1) is 6.38. The normalized spacial score (nSPS) is 19.0. The predicted molar refractivity (Wildman–Crippen MR) is 55.8 cm³/mol. The highest BCUT2D eigenvalue weighted by atomic mass is 16.6. The van der Waals surface area contributed by atoms with Gasteiger partial charge in [0.15, 0.2) is 0 Å². The van der Waals surface area contributed by atoms with E-state index in [1.165, 1.54) is 31.4 Å². The summed E-state index contributed by atoms with van der Waals surface area (Å²) < 4.78 is 0. The Balaban J connectivity index is 2.39. The molecule has 1 saturated carbocycles. The largest absolute Gasteiger partial charge is 0.392 e. The molecule has 2 heteroatoms. The van der Waals surface area contributed by atoms with Gasteiger partial charge in [0.05, 0.1) is 5.71 Å². The van der Waals surface area contributed by atoms with Gasteiger partial charge < -0.3 is 4.84 Å². The van der Waals surface area contributed by atoms with Gasteiger partial charge >= 0.3 is 0 Å². The van der Waals surface area contributed by atoms with E-state index < -0.39 is 0 Å². The molecule has 0 saturated heterocycles. The van der Waals surface area contributed by atoms with Crippen molar-refractivity contribution in [2.45, 2.75) is 39.0 Å². The lowest BCUT2D eigenvalue weighted by atomic mass is 10.0. The molecule has 0 amide bonds. The third-order valence-electron chi connectivity index (χ3n) is 2.56. The monoisotopic (exact) mass is 181 g/mol. The summed E-state index contributed by atoms with van der Waals surface area (Å²) in [5.74, 6) is 0.690. The molecule has 0 radical (unpaired) electrons. The molecule has 1 aliphatic rings. The second-order valence-electron chi connectivity index (χ2n) is 3.50. The molecule has 0 bridgehead atoms. The molecule has 2 nitrogen and oxygen atoms in total. The highest BCUT2D eigenvalue weighted by Gasteiger charge is 2.19. The van der Waals surface area contributed by atoms with Crippen LogP contribution < -0.4 is 0 Å². The molecule has 0 aromatic rings. The third-order valence-corrected chi connectivity index (χ3v) is 2.56. The first kappa shape index (κ1) is 10.3. The van der Waals surface area contributed by atoms with E-state index in [0.29, 0.717) is 12.5 Å². The Bertz CT molecular complexity index is 181. The Morgan fingerprint density at radius 2 is 2.23 bits per heavy atom. The van der Waals surface area contributed by atoms with Gasteiger partial charge in [0.2, 0.25) is 0 Å². The van der Waals surface area contributed by atoms with E-state index in [2.05, 4.69) is 18.7 Å². The molecule has 13 heavy (non-hydrogen) atoms. The van der Waals surface area contributed by atoms with E-state index in [9.17, 15) is 0 Å². The van der Waals surface area contributed by atoms with Crippen LogP contribution in [0, 0.1) is 5.92 Å². The van der Waals surface area contributed by atoms with Crippen molar-refractivity contribution in [2.75, 3.05) is 6.61 Å². The van der Waals surface area contributed by atoms with Crippen molar-refractivity contribution in [1.82, 2.24) is 0 Å². The quantitative estimate of drug-likeness (QED) is 0.276. The van der Waals surface area contributed by atoms with E-state index in [1.807, 2.05) is 0 Å². The van der Waals surface area contributed by atoms with Crippen LogP contribution in [-0.2, 0) is 4.84 Å². The fraction of sp³-hybridized carbons (Fsp3) is 0.727. The summed E-state index contributed by atoms with van der Waals surface area (Å²) in [5.41, 5.74) is 1.24. The number of nitrogens with zero attached hydrogens (tertiary/aromatic N) is 1. The molecule has 74 valence electrons. The highest BCUT2D eigenvalue weighted by molar-refractivity contribution is 5.86. The van der Waals surface area contributed by atoms with Gasteiger partial charge in [0.1, 0.15) is 6.61 Å². The van der Waals surface area contributed by atoms with Crippen molar-refractivity contribution in [1.29, 1.82) is 0 Å². The number of hydrogen-bond acceptors (Lipinski definition) is 2. The maximum atomic E-state index is 5.12. The minimum absolute atomic E-state index is 0.524. The van der Waals surface area contributed by atoms with Gasteiger partial charge in [0, 0.05) is 5.92 Å². The summed E-state index contributed by atoms with van der Waals surface area (Å²) in [6.07, 6.45) is 8.04. The van der Waals surface area contributed by atoms with Gasteiger partial charge in [-0.3, -0.25) is 0 Å². The maximum Gasteiger partial charge on any atom is 0.135 e. The van der Waals surface area contributed by atoms with Crippen molar-refractivity contribution in [2.24, 2.45) is 11.1 Å². The van der Waals surface area contributed by atoms with Gasteiger partial charge in [0.25, 0.3) is 0 Å². The lowest BCUT2D eigenvalue weighted by Gasteiger charge is -2.09. The van der Waals surface area contributed by atoms with E-state index in [-0.39, 0.29) is 0 Å². The van der Waals surface area contributed by atoms with Crippen LogP contribution in [-0.4, -0.2) is 12.3 Å². The molecule has 1 rings (SSSR count). The molecule has 0 aromatic carbocycles. The van der Waals surface area contributed by atoms with Gasteiger partial charge in [-0.15, -0.1) is 0 Å². The summed E-state index contributed by atoms with van der Waals surface area (Å²) in [7, 11) is 0. The smallest absolute Gasteiger partial charge is 0.135 e. The molecule has 0 heterocycles. The molecule has 0 atom stereocenters. The van der Waals surface area contributed by atoms with Crippen LogP contribution in [0.4, 0.5) is 0 Å². The molecule has 0 spiro atoms. The van der Waals surface area contributed by atoms with Gasteiger partial charge in [-0.1, -0.05) is 37.6 Å². The number of rotatable bonds is 5. The van der Waals surface area contributed by atoms with Crippen LogP contribution in [0.5, 0.6) is 0 Å². The van der Waals surface area contributed by atoms with E-state index in [0.717, 1.165) is 6.42 Å². The fourth-order valence-electron chi connectivity index (χ4n) is 1.86. The Morgan fingerprint density at radius 1 is 1.54 bits per heavy atom. The van der Waals surface area contributed by atoms with Gasteiger partial charge in [-0.05, 0) is 19.3 Å². The molecule has 0 aromatic heterocycles. The molecule has 0 N–H and O–H groups in total. The number of oxime groups is 1. The first-order valence-electron chi connectivity index (χ1n) is 5.18. The van der Waals surface area contributed by atoms with Gasteiger partial charge in [-0.2, -0.15) is 0 Å². The van der Waals surface area contributed by atoms with Crippen LogP contribution in [0.25, 0.3) is 0 Å². The molecule has 0 unspecified atom stereocenters. The van der Waals surface area contributed by atoms with Crippen molar-refractivity contribution < 1.29 is 4.84 Å². The zero-order chi connectivity index (χ0) is 9.52. The van der Waals surface area contributed by atoms with Gasteiger partial charge in [-0.25, -0.2) is 0 Å². The predicted octanol–water partition coefficient (Wildman–Crippen LogP) is 3.15. The Morgan fingerprint density at radius 3 is 2.77 bits per heavy atom. The molecule has 1 aliphatic carbocycles. The average molecular weight is 181 g/mol. The lowest BCUT2D eigenvalue weighted by molar-refractivity contribution is 0.172. The Kier molecular flexibility index (Phi) is 4.58. The van der Waals surface area contributed by atoms with Crippen molar-refractivity contribution in [3.8, 4) is 0 Å². The number of hydrogen-bond donors (Lipinski definition) is 0. The third kappa shape index (κ3) is 3.21. The minimum Gasteiger partial charge on any atom is -0.392 e. The first-order valence-corrected chi connectivity index (χ1v) is 5.18. The topological polar surface area (TPSA) is 21.6 Å². The molecular formula is C11H19NO. The maximum absolute atomic E-state index is 5.12. The van der Waals surface area contributed by atoms with Crippen molar-refractivity contribution >= 4 is 5.71 Å². The highest BCUT2D eigenvalue weighted by Crippen LogP contribution is 2.27. The summed E-state index contributed by atoms with van der Waals surface area (Å²) >= 11 is 0. The Hall–Kier alpha value is -0.790. The second kappa shape index (κ2) is 5.79. The standard InChI is InChI=1S/C11H19NO/c1-3-9-13-12-11(4-2)10-7-5-6-8-10/h3,10H,1,4-9H2,2H3. The van der Waals surface area contributed by atoms with Crippen LogP contribution >= 0.6 is 0 Å². The summed E-state index contributed by atoms with van der Waals surface area (Å²) in [4.78, 5) is 5.12. The summed E-state index contributed by atoms with van der Waals surface area (Å²) in [5, 5.41) is 4.16. The minimum atomic E-state index is 0.524. The molecule has 0 aliphatic heterocycles. The van der Waals surface area contributed by atoms with E-state index in [4.69, 9.17) is 4.84 Å². The second-order valence-corrected chi connectivity index (χ2v) is 3.50. The molecule has 1 fully saturated rings. The van der Waals surface area contributed by atoms with E-state index in [1.54, 1.807) is 6.08 Å². The summed E-state index contributed by atoms with van der Waals surface area (Å²) in [6.45, 7) is 6.26. The van der Waals surface area contributed by atoms with E-state index >= 15 is 0 Å². The van der Waals surface area contributed by atoms with Crippen LogP contribution in [0.3, 0.4) is 0 Å². The lowest BCUT2D eigenvalue weighted by Crippen LogP contribution is -2.10.